The first-order valence-electron chi connectivity index (χ1n) is 8.25. The third kappa shape index (κ3) is 3.79. The molecule has 0 fully saturated rings. The Hall–Kier alpha value is -3.03. The predicted octanol–water partition coefficient (Wildman–Crippen LogP) is 1.91. The Labute approximate surface area is 151 Å². The molecular weight excluding hydrogens is 338 g/mol. The van der Waals surface area contributed by atoms with Crippen molar-refractivity contribution in [3.63, 3.8) is 0 Å². The van der Waals surface area contributed by atoms with Gasteiger partial charge in [0.05, 0.1) is 14.2 Å². The minimum atomic E-state index is -0.415. The molecule has 0 unspecified atom stereocenters. The van der Waals surface area contributed by atoms with Crippen LogP contribution in [0.15, 0.2) is 22.7 Å². The summed E-state index contributed by atoms with van der Waals surface area (Å²) in [5, 5.41) is 6.24. The van der Waals surface area contributed by atoms with Crippen LogP contribution in [0.2, 0.25) is 0 Å². The fourth-order valence-electron chi connectivity index (χ4n) is 2.96. The molecule has 1 aromatic carbocycles. The summed E-state index contributed by atoms with van der Waals surface area (Å²) in [6, 6.07) is 5.42. The van der Waals surface area contributed by atoms with Crippen molar-refractivity contribution >= 4 is 17.6 Å². The number of hydrogen-bond acceptors (Lipinski definition) is 6. The van der Waals surface area contributed by atoms with Crippen LogP contribution in [0.3, 0.4) is 0 Å². The normalized spacial score (nSPS) is 13.1. The number of hydrogen-bond donors (Lipinski definition) is 1. The van der Waals surface area contributed by atoms with E-state index in [1.54, 1.807) is 32.1 Å². The van der Waals surface area contributed by atoms with E-state index in [1.807, 2.05) is 12.1 Å². The molecule has 1 aliphatic heterocycles. The average molecular weight is 359 g/mol. The van der Waals surface area contributed by atoms with Crippen LogP contribution in [0.25, 0.3) is 0 Å². The maximum absolute atomic E-state index is 12.5. The number of aryl methyl sites for hydroxylation is 1. The first-order valence-corrected chi connectivity index (χ1v) is 8.25. The maximum atomic E-state index is 12.5. The summed E-state index contributed by atoms with van der Waals surface area (Å²) in [4.78, 5) is 26.2. The van der Waals surface area contributed by atoms with Crippen LogP contribution in [0, 0.1) is 6.92 Å². The van der Waals surface area contributed by atoms with Gasteiger partial charge >= 0.3 is 0 Å². The van der Waals surface area contributed by atoms with Crippen molar-refractivity contribution in [3.8, 4) is 11.5 Å². The summed E-state index contributed by atoms with van der Waals surface area (Å²) in [7, 11) is 3.17. The van der Waals surface area contributed by atoms with E-state index in [4.69, 9.17) is 14.0 Å². The van der Waals surface area contributed by atoms with Crippen molar-refractivity contribution in [1.29, 1.82) is 0 Å². The van der Waals surface area contributed by atoms with E-state index in [9.17, 15) is 9.59 Å². The molecule has 8 heteroatoms. The fourth-order valence-corrected chi connectivity index (χ4v) is 2.96. The van der Waals surface area contributed by atoms with Gasteiger partial charge in [-0.15, -0.1) is 0 Å². The number of benzene rings is 1. The van der Waals surface area contributed by atoms with Crippen LogP contribution >= 0.6 is 0 Å². The Morgan fingerprint density at radius 3 is 2.50 bits per heavy atom. The van der Waals surface area contributed by atoms with Gasteiger partial charge in [-0.25, -0.2) is 0 Å². The Kier molecular flexibility index (Phi) is 5.11. The van der Waals surface area contributed by atoms with Crippen molar-refractivity contribution < 1.29 is 23.6 Å². The van der Waals surface area contributed by atoms with Crippen LogP contribution in [-0.4, -0.2) is 42.6 Å². The lowest BCUT2D eigenvalue weighted by Gasteiger charge is -2.29. The van der Waals surface area contributed by atoms with Gasteiger partial charge < -0.3 is 24.2 Å². The second-order valence-corrected chi connectivity index (χ2v) is 6.09. The minimum Gasteiger partial charge on any atom is -0.493 e. The summed E-state index contributed by atoms with van der Waals surface area (Å²) in [5.41, 5.74) is 2.11. The monoisotopic (exact) mass is 359 g/mol. The molecule has 0 aliphatic carbocycles. The molecule has 0 bridgehead atoms. The van der Waals surface area contributed by atoms with Crippen molar-refractivity contribution in [2.75, 3.05) is 26.1 Å². The number of nitrogens with zero attached hydrogens (tertiary/aromatic N) is 2. The first-order chi connectivity index (χ1) is 12.5. The molecule has 0 atom stereocenters. The van der Waals surface area contributed by atoms with E-state index in [1.165, 1.54) is 0 Å². The quantitative estimate of drug-likeness (QED) is 0.820. The number of fused-ring (bicyclic) bond motifs is 1. The highest BCUT2D eigenvalue weighted by atomic mass is 16.5. The summed E-state index contributed by atoms with van der Waals surface area (Å²) in [6.45, 7) is 2.71. The number of rotatable bonds is 5. The number of carbonyl (C=O) groups excluding carboxylic acids is 2. The maximum Gasteiger partial charge on any atom is 0.235 e. The van der Waals surface area contributed by atoms with Gasteiger partial charge in [0.2, 0.25) is 11.8 Å². The molecule has 2 amide bonds. The molecule has 1 N–H and O–H groups in total. The lowest BCUT2D eigenvalue weighted by Crippen LogP contribution is -2.37. The van der Waals surface area contributed by atoms with Gasteiger partial charge in [-0.1, -0.05) is 5.16 Å². The highest BCUT2D eigenvalue weighted by molar-refractivity contribution is 6.03. The zero-order valence-electron chi connectivity index (χ0n) is 15.0. The molecule has 0 radical (unpaired) electrons. The van der Waals surface area contributed by atoms with Gasteiger partial charge in [0.15, 0.2) is 17.3 Å². The largest absolute Gasteiger partial charge is 0.493 e. The van der Waals surface area contributed by atoms with E-state index < -0.39 is 5.91 Å². The number of ether oxygens (including phenoxy) is 2. The Balaban J connectivity index is 1.64. The third-order valence-corrected chi connectivity index (χ3v) is 4.28. The summed E-state index contributed by atoms with van der Waals surface area (Å²) in [5.74, 6) is 1.54. The van der Waals surface area contributed by atoms with Crippen LogP contribution in [0.4, 0.5) is 5.82 Å². The van der Waals surface area contributed by atoms with E-state index in [2.05, 4.69) is 10.5 Å². The zero-order chi connectivity index (χ0) is 18.7. The highest BCUT2D eigenvalue weighted by Gasteiger charge is 2.24. The molecular formula is C18H21N3O5. The van der Waals surface area contributed by atoms with E-state index in [0.29, 0.717) is 42.6 Å². The second kappa shape index (κ2) is 7.47. The van der Waals surface area contributed by atoms with Gasteiger partial charge in [-0.3, -0.25) is 9.59 Å². The average Bonchev–Trinajstić information content (AvgIpc) is 3.04. The first kappa shape index (κ1) is 17.8. The topological polar surface area (TPSA) is 93.9 Å². The molecule has 0 saturated heterocycles. The Morgan fingerprint density at radius 2 is 1.88 bits per heavy atom. The Bertz CT molecular complexity index is 830. The fraction of sp³-hybridized carbons (Fsp3) is 0.389. The van der Waals surface area contributed by atoms with Crippen molar-refractivity contribution in [2.45, 2.75) is 26.3 Å². The molecule has 8 nitrogen and oxygen atoms in total. The molecule has 3 rings (SSSR count). The van der Waals surface area contributed by atoms with Crippen molar-refractivity contribution in [3.05, 3.63) is 35.1 Å². The van der Waals surface area contributed by atoms with Gasteiger partial charge in [-0.05, 0) is 36.6 Å². The van der Waals surface area contributed by atoms with E-state index in [0.717, 1.165) is 11.1 Å². The lowest BCUT2D eigenvalue weighted by molar-refractivity contribution is -0.135. The van der Waals surface area contributed by atoms with Gasteiger partial charge in [0.25, 0.3) is 0 Å². The third-order valence-electron chi connectivity index (χ3n) is 4.28. The van der Waals surface area contributed by atoms with Crippen LogP contribution in [-0.2, 0) is 22.6 Å². The number of amides is 2. The van der Waals surface area contributed by atoms with Crippen molar-refractivity contribution in [2.24, 2.45) is 0 Å². The summed E-state index contributed by atoms with van der Waals surface area (Å²) >= 11 is 0. The predicted molar refractivity (Wildman–Crippen MR) is 93.2 cm³/mol. The molecule has 138 valence electrons. The summed E-state index contributed by atoms with van der Waals surface area (Å²) < 4.78 is 15.5. The number of methoxy groups -OCH3 is 2. The van der Waals surface area contributed by atoms with Crippen LogP contribution in [0.5, 0.6) is 11.5 Å². The minimum absolute atomic E-state index is 0.233. The molecule has 26 heavy (non-hydrogen) atoms. The number of anilines is 1. The van der Waals surface area contributed by atoms with Crippen LogP contribution < -0.4 is 14.8 Å². The van der Waals surface area contributed by atoms with Gasteiger partial charge in [0.1, 0.15) is 12.2 Å². The number of carbonyl (C=O) groups is 2. The van der Waals surface area contributed by atoms with E-state index >= 15 is 0 Å². The summed E-state index contributed by atoms with van der Waals surface area (Å²) in [6.07, 6.45) is 0.458. The molecule has 1 aromatic heterocycles. The van der Waals surface area contributed by atoms with Gasteiger partial charge in [0, 0.05) is 19.2 Å². The molecule has 2 aromatic rings. The second-order valence-electron chi connectivity index (χ2n) is 6.09. The highest BCUT2D eigenvalue weighted by Crippen LogP contribution is 2.33. The molecule has 1 aliphatic rings. The Morgan fingerprint density at radius 1 is 1.19 bits per heavy atom. The SMILES string of the molecule is COc1cc2c(cc1OC)CN(C(=O)CC(=O)Nc1cc(C)on1)CC2. The zero-order valence-corrected chi connectivity index (χ0v) is 15.0. The lowest BCUT2D eigenvalue weighted by atomic mass is 9.98. The van der Waals surface area contributed by atoms with Crippen molar-refractivity contribution in [1.82, 2.24) is 10.1 Å². The standard InChI is InChI=1S/C18H21N3O5/c1-11-6-16(20-26-11)19-17(22)9-18(23)21-5-4-12-7-14(24-2)15(25-3)8-13(12)10-21/h6-8H,4-5,9-10H2,1-3H3,(H,19,20,22). The molecule has 0 spiro atoms. The smallest absolute Gasteiger partial charge is 0.235 e. The number of aromatic nitrogens is 1. The van der Waals surface area contributed by atoms with Gasteiger partial charge in [-0.2, -0.15) is 0 Å². The molecule has 0 saturated carbocycles. The van der Waals surface area contributed by atoms with E-state index in [-0.39, 0.29) is 12.3 Å². The van der Waals surface area contributed by atoms with Crippen LogP contribution in [0.1, 0.15) is 23.3 Å². The molecule has 2 heterocycles. The number of nitrogens with one attached hydrogen (secondary N) is 1.